The number of halogens is 1. The maximum absolute atomic E-state index is 12.8. The number of anilines is 1. The van der Waals surface area contributed by atoms with E-state index in [1.54, 1.807) is 17.7 Å². The van der Waals surface area contributed by atoms with Crippen LogP contribution in [0.4, 0.5) is 11.4 Å². The molecule has 0 aliphatic heterocycles. The first kappa shape index (κ1) is 22.5. The summed E-state index contributed by atoms with van der Waals surface area (Å²) in [6, 6.07) is 9.26. The van der Waals surface area contributed by atoms with E-state index in [4.69, 9.17) is 4.74 Å². The number of nitro groups is 1. The number of aryl methyl sites for hydroxylation is 3. The number of carbonyl (C=O) groups excluding carboxylic acids is 1. The molecule has 0 saturated carbocycles. The molecular weight excluding hydrogens is 464 g/mol. The highest BCUT2D eigenvalue weighted by Gasteiger charge is 2.22. The molecule has 1 atom stereocenters. The third-order valence-corrected chi connectivity index (χ3v) is 5.93. The van der Waals surface area contributed by atoms with Crippen LogP contribution >= 0.6 is 15.9 Å². The van der Waals surface area contributed by atoms with Gasteiger partial charge in [-0.25, -0.2) is 0 Å². The molecule has 1 heterocycles. The van der Waals surface area contributed by atoms with Crippen molar-refractivity contribution in [3.63, 3.8) is 0 Å². The van der Waals surface area contributed by atoms with Gasteiger partial charge in [-0.15, -0.1) is 0 Å². The predicted octanol–water partition coefficient (Wildman–Crippen LogP) is 5.78. The van der Waals surface area contributed by atoms with Gasteiger partial charge in [0.1, 0.15) is 17.5 Å². The number of non-ortho nitro benzene ring substituents is 1. The number of hydrogen-bond donors (Lipinski definition) is 1. The Balaban J connectivity index is 1.88. The molecule has 2 aromatic carbocycles. The van der Waals surface area contributed by atoms with Crippen LogP contribution in [-0.4, -0.2) is 20.6 Å². The zero-order valence-electron chi connectivity index (χ0n) is 17.9. The molecule has 1 unspecified atom stereocenters. The molecular formula is C22H23BrN4O4. The van der Waals surface area contributed by atoms with Gasteiger partial charge in [-0.05, 0) is 73.8 Å². The van der Waals surface area contributed by atoms with Crippen LogP contribution in [0.2, 0.25) is 0 Å². The Kier molecular flexibility index (Phi) is 6.45. The number of amides is 1. The number of nitrogens with one attached hydrogen (secondary N) is 1. The number of benzene rings is 2. The van der Waals surface area contributed by atoms with Crippen LogP contribution in [0.15, 0.2) is 40.9 Å². The Hall–Kier alpha value is -3.20. The van der Waals surface area contributed by atoms with Gasteiger partial charge in [-0.1, -0.05) is 6.07 Å². The van der Waals surface area contributed by atoms with Gasteiger partial charge >= 0.3 is 0 Å². The second-order valence-electron chi connectivity index (χ2n) is 7.49. The van der Waals surface area contributed by atoms with Crippen molar-refractivity contribution in [2.75, 3.05) is 5.32 Å². The summed E-state index contributed by atoms with van der Waals surface area (Å²) in [5.41, 5.74) is 3.71. The molecule has 1 aromatic heterocycles. The molecule has 162 valence electrons. The summed E-state index contributed by atoms with van der Waals surface area (Å²) in [6.45, 7) is 9.30. The SMILES string of the molecule is Cc1cc(C)cc(Oc2cc(NC(=O)C(C)n3nc(C)c(Br)c3C)cc([N+](=O)[O-])c2)c1. The fourth-order valence-corrected chi connectivity index (χ4v) is 3.59. The van der Waals surface area contributed by atoms with Crippen molar-refractivity contribution in [2.24, 2.45) is 0 Å². The maximum atomic E-state index is 12.8. The Labute approximate surface area is 188 Å². The minimum atomic E-state index is -0.618. The Morgan fingerprint density at radius 3 is 2.26 bits per heavy atom. The molecule has 0 aliphatic carbocycles. The highest BCUT2D eigenvalue weighted by Crippen LogP contribution is 2.31. The number of nitrogens with zero attached hydrogens (tertiary/aromatic N) is 3. The summed E-state index contributed by atoms with van der Waals surface area (Å²) in [4.78, 5) is 23.7. The van der Waals surface area contributed by atoms with E-state index < -0.39 is 11.0 Å². The summed E-state index contributed by atoms with van der Waals surface area (Å²) < 4.78 is 8.31. The quantitative estimate of drug-likeness (QED) is 0.351. The lowest BCUT2D eigenvalue weighted by Gasteiger charge is -2.15. The van der Waals surface area contributed by atoms with Gasteiger partial charge in [0.25, 0.3) is 5.69 Å². The summed E-state index contributed by atoms with van der Waals surface area (Å²) in [7, 11) is 0. The Morgan fingerprint density at radius 1 is 1.10 bits per heavy atom. The van der Waals surface area contributed by atoms with Crippen molar-refractivity contribution in [3.05, 3.63) is 73.5 Å². The predicted molar refractivity (Wildman–Crippen MR) is 122 cm³/mol. The normalized spacial score (nSPS) is 11.8. The van der Waals surface area contributed by atoms with E-state index in [2.05, 4.69) is 26.3 Å². The van der Waals surface area contributed by atoms with E-state index in [0.717, 1.165) is 27.0 Å². The average Bonchev–Trinajstić information content (AvgIpc) is 2.93. The molecule has 0 aliphatic rings. The van der Waals surface area contributed by atoms with Crippen LogP contribution in [0.3, 0.4) is 0 Å². The number of carbonyl (C=O) groups is 1. The first-order valence-electron chi connectivity index (χ1n) is 9.63. The molecule has 31 heavy (non-hydrogen) atoms. The van der Waals surface area contributed by atoms with Gasteiger partial charge in [-0.2, -0.15) is 5.10 Å². The molecule has 3 rings (SSSR count). The van der Waals surface area contributed by atoms with Gasteiger partial charge in [0, 0.05) is 12.1 Å². The van der Waals surface area contributed by atoms with Gasteiger partial charge in [-0.3, -0.25) is 19.6 Å². The van der Waals surface area contributed by atoms with E-state index in [1.165, 1.54) is 12.1 Å². The molecule has 0 radical (unpaired) electrons. The van der Waals surface area contributed by atoms with Gasteiger partial charge < -0.3 is 10.1 Å². The average molecular weight is 487 g/mol. The second-order valence-corrected chi connectivity index (χ2v) is 8.29. The van der Waals surface area contributed by atoms with Crippen molar-refractivity contribution in [1.82, 2.24) is 9.78 Å². The zero-order chi connectivity index (χ0) is 22.9. The molecule has 1 N–H and O–H groups in total. The van der Waals surface area contributed by atoms with Crippen LogP contribution in [-0.2, 0) is 4.79 Å². The highest BCUT2D eigenvalue weighted by molar-refractivity contribution is 9.10. The van der Waals surface area contributed by atoms with Crippen LogP contribution in [0.5, 0.6) is 11.5 Å². The van der Waals surface area contributed by atoms with Crippen molar-refractivity contribution in [3.8, 4) is 11.5 Å². The molecule has 9 heteroatoms. The minimum Gasteiger partial charge on any atom is -0.457 e. The molecule has 1 amide bonds. The fourth-order valence-electron chi connectivity index (χ4n) is 3.33. The van der Waals surface area contributed by atoms with Crippen molar-refractivity contribution in [2.45, 2.75) is 40.7 Å². The first-order valence-corrected chi connectivity index (χ1v) is 10.4. The number of aromatic nitrogens is 2. The van der Waals surface area contributed by atoms with E-state index in [9.17, 15) is 14.9 Å². The lowest BCUT2D eigenvalue weighted by molar-refractivity contribution is -0.384. The Morgan fingerprint density at radius 2 is 1.71 bits per heavy atom. The molecule has 0 spiro atoms. The van der Waals surface area contributed by atoms with E-state index in [0.29, 0.717) is 5.75 Å². The number of hydrogen-bond acceptors (Lipinski definition) is 5. The molecule has 0 saturated heterocycles. The van der Waals surface area contributed by atoms with Crippen LogP contribution in [0.1, 0.15) is 35.5 Å². The monoisotopic (exact) mass is 486 g/mol. The van der Waals surface area contributed by atoms with Crippen molar-refractivity contribution in [1.29, 1.82) is 0 Å². The molecule has 3 aromatic rings. The standard InChI is InChI=1S/C22H23BrN4O4/c1-12-6-13(2)8-19(7-12)31-20-10-17(9-18(11-20)27(29)30)24-22(28)16(5)26-15(4)21(23)14(3)25-26/h6-11,16H,1-5H3,(H,24,28). The molecule has 0 fully saturated rings. The lowest BCUT2D eigenvalue weighted by atomic mass is 10.1. The van der Waals surface area contributed by atoms with E-state index >= 15 is 0 Å². The highest BCUT2D eigenvalue weighted by atomic mass is 79.9. The summed E-state index contributed by atoms with van der Waals surface area (Å²) in [5.74, 6) is 0.475. The Bertz CT molecular complexity index is 1150. The van der Waals surface area contributed by atoms with Crippen molar-refractivity contribution < 1.29 is 14.5 Å². The second kappa shape index (κ2) is 8.89. The fraction of sp³-hybridized carbons (Fsp3) is 0.273. The van der Waals surface area contributed by atoms with E-state index in [-0.39, 0.29) is 23.0 Å². The first-order chi connectivity index (χ1) is 14.5. The van der Waals surface area contributed by atoms with Gasteiger partial charge in [0.15, 0.2) is 0 Å². The molecule has 8 nitrogen and oxygen atoms in total. The number of ether oxygens (including phenoxy) is 1. The number of rotatable bonds is 6. The molecule has 0 bridgehead atoms. The third kappa shape index (κ3) is 5.11. The van der Waals surface area contributed by atoms with Crippen molar-refractivity contribution >= 4 is 33.2 Å². The van der Waals surface area contributed by atoms with Gasteiger partial charge in [0.05, 0.1) is 32.5 Å². The third-order valence-electron chi connectivity index (χ3n) is 4.78. The minimum absolute atomic E-state index is 0.182. The van der Waals surface area contributed by atoms with Crippen LogP contribution in [0, 0.1) is 37.8 Å². The summed E-state index contributed by atoms with van der Waals surface area (Å²) in [6.07, 6.45) is 0. The van der Waals surface area contributed by atoms with Crippen LogP contribution in [0.25, 0.3) is 0 Å². The van der Waals surface area contributed by atoms with Gasteiger partial charge in [0.2, 0.25) is 5.91 Å². The van der Waals surface area contributed by atoms with E-state index in [1.807, 2.05) is 45.9 Å². The maximum Gasteiger partial charge on any atom is 0.275 e. The van der Waals surface area contributed by atoms with Crippen LogP contribution < -0.4 is 10.1 Å². The topological polar surface area (TPSA) is 99.3 Å². The number of nitro benzene ring substituents is 1. The smallest absolute Gasteiger partial charge is 0.275 e. The zero-order valence-corrected chi connectivity index (χ0v) is 19.5. The lowest BCUT2D eigenvalue weighted by Crippen LogP contribution is -2.25. The summed E-state index contributed by atoms with van der Waals surface area (Å²) in [5, 5.41) is 18.5. The largest absolute Gasteiger partial charge is 0.457 e. The summed E-state index contributed by atoms with van der Waals surface area (Å²) >= 11 is 3.45.